The number of hydrogen-bond acceptors (Lipinski definition) is 2. The largest absolute Gasteiger partial charge is 0.367 e. The van der Waals surface area contributed by atoms with Crippen LogP contribution in [-0.4, -0.2) is 21.8 Å². The van der Waals surface area contributed by atoms with Crippen molar-refractivity contribution in [3.05, 3.63) is 29.7 Å². The summed E-state index contributed by atoms with van der Waals surface area (Å²) in [4.78, 5) is 3.05. The van der Waals surface area contributed by atoms with E-state index >= 15 is 0 Å². The SMILES string of the molecule is CNCc1c(C)c(-c2cc[nH]c2)nn1C. The summed E-state index contributed by atoms with van der Waals surface area (Å²) >= 11 is 0. The molecule has 4 heteroatoms. The second kappa shape index (κ2) is 3.90. The quantitative estimate of drug-likeness (QED) is 0.794. The van der Waals surface area contributed by atoms with Crippen molar-refractivity contribution < 1.29 is 0 Å². The lowest BCUT2D eigenvalue weighted by molar-refractivity contribution is 0.671. The van der Waals surface area contributed by atoms with Gasteiger partial charge < -0.3 is 10.3 Å². The Balaban J connectivity index is 2.46. The van der Waals surface area contributed by atoms with Crippen molar-refractivity contribution in [2.45, 2.75) is 13.5 Å². The van der Waals surface area contributed by atoms with Crippen molar-refractivity contribution in [1.82, 2.24) is 20.1 Å². The third-order valence-electron chi connectivity index (χ3n) is 2.64. The van der Waals surface area contributed by atoms with Gasteiger partial charge in [0, 0.05) is 31.5 Å². The fraction of sp³-hybridized carbons (Fsp3) is 0.364. The molecule has 0 atom stereocenters. The van der Waals surface area contributed by atoms with Crippen molar-refractivity contribution in [2.75, 3.05) is 7.05 Å². The second-order valence-electron chi connectivity index (χ2n) is 3.67. The summed E-state index contributed by atoms with van der Waals surface area (Å²) in [7, 11) is 3.93. The number of nitrogens with one attached hydrogen (secondary N) is 2. The fourth-order valence-electron chi connectivity index (χ4n) is 1.82. The van der Waals surface area contributed by atoms with E-state index in [1.54, 1.807) is 0 Å². The van der Waals surface area contributed by atoms with Gasteiger partial charge in [0.15, 0.2) is 0 Å². The van der Waals surface area contributed by atoms with Crippen molar-refractivity contribution >= 4 is 0 Å². The van der Waals surface area contributed by atoms with Crippen LogP contribution in [-0.2, 0) is 13.6 Å². The molecule has 2 heterocycles. The molecule has 0 amide bonds. The Bertz CT molecular complexity index is 439. The Kier molecular flexibility index (Phi) is 2.60. The van der Waals surface area contributed by atoms with Gasteiger partial charge in [-0.3, -0.25) is 4.68 Å². The molecular weight excluding hydrogens is 188 g/mol. The Morgan fingerprint density at radius 3 is 2.93 bits per heavy atom. The van der Waals surface area contributed by atoms with Crippen LogP contribution in [0.3, 0.4) is 0 Å². The summed E-state index contributed by atoms with van der Waals surface area (Å²) in [6, 6.07) is 2.04. The molecule has 2 N–H and O–H groups in total. The number of hydrogen-bond donors (Lipinski definition) is 2. The molecule has 0 fully saturated rings. The van der Waals surface area contributed by atoms with Gasteiger partial charge in [-0.25, -0.2) is 0 Å². The van der Waals surface area contributed by atoms with Gasteiger partial charge in [-0.2, -0.15) is 5.10 Å². The Morgan fingerprint density at radius 2 is 2.33 bits per heavy atom. The summed E-state index contributed by atoms with van der Waals surface area (Å²) in [5, 5.41) is 7.68. The third kappa shape index (κ3) is 1.68. The van der Waals surface area contributed by atoms with Crippen LogP contribution in [0.4, 0.5) is 0 Å². The van der Waals surface area contributed by atoms with E-state index in [1.165, 1.54) is 11.3 Å². The van der Waals surface area contributed by atoms with Crippen LogP contribution in [0.25, 0.3) is 11.3 Å². The molecule has 4 nitrogen and oxygen atoms in total. The predicted molar refractivity (Wildman–Crippen MR) is 60.5 cm³/mol. The molecule has 0 aliphatic carbocycles. The monoisotopic (exact) mass is 204 g/mol. The van der Waals surface area contributed by atoms with Crippen molar-refractivity contribution in [1.29, 1.82) is 0 Å². The standard InChI is InChI=1S/C11H16N4/c1-8-10(7-12-2)15(3)14-11(8)9-4-5-13-6-9/h4-6,12-13H,7H2,1-3H3. The van der Waals surface area contributed by atoms with Crippen LogP contribution >= 0.6 is 0 Å². The van der Waals surface area contributed by atoms with E-state index in [2.05, 4.69) is 22.3 Å². The lowest BCUT2D eigenvalue weighted by atomic mass is 10.1. The average molecular weight is 204 g/mol. The lowest BCUT2D eigenvalue weighted by Gasteiger charge is -2.01. The van der Waals surface area contributed by atoms with Gasteiger partial charge in [0.1, 0.15) is 0 Å². The van der Waals surface area contributed by atoms with Crippen LogP contribution in [0.2, 0.25) is 0 Å². The fourth-order valence-corrected chi connectivity index (χ4v) is 1.82. The minimum atomic E-state index is 0.847. The normalized spacial score (nSPS) is 10.9. The third-order valence-corrected chi connectivity index (χ3v) is 2.64. The highest BCUT2D eigenvalue weighted by atomic mass is 15.3. The topological polar surface area (TPSA) is 45.6 Å². The van der Waals surface area contributed by atoms with Gasteiger partial charge in [0.25, 0.3) is 0 Å². The molecule has 2 rings (SSSR count). The van der Waals surface area contributed by atoms with E-state index in [1.807, 2.05) is 37.2 Å². The first-order valence-corrected chi connectivity index (χ1v) is 5.04. The number of aryl methyl sites for hydroxylation is 1. The Hall–Kier alpha value is -1.55. The molecule has 15 heavy (non-hydrogen) atoms. The zero-order chi connectivity index (χ0) is 10.8. The first-order valence-electron chi connectivity index (χ1n) is 5.04. The molecule has 0 saturated heterocycles. The van der Waals surface area contributed by atoms with Crippen molar-refractivity contribution in [3.63, 3.8) is 0 Å². The molecule has 0 saturated carbocycles. The number of rotatable bonds is 3. The molecule has 0 spiro atoms. The summed E-state index contributed by atoms with van der Waals surface area (Å²) in [5.74, 6) is 0. The molecule has 0 radical (unpaired) electrons. The van der Waals surface area contributed by atoms with Gasteiger partial charge in [0.05, 0.1) is 11.4 Å². The van der Waals surface area contributed by atoms with Crippen molar-refractivity contribution in [3.8, 4) is 11.3 Å². The minimum Gasteiger partial charge on any atom is -0.367 e. The van der Waals surface area contributed by atoms with Gasteiger partial charge in [-0.1, -0.05) is 0 Å². The molecule has 80 valence electrons. The van der Waals surface area contributed by atoms with Gasteiger partial charge >= 0.3 is 0 Å². The molecule has 2 aromatic heterocycles. The highest BCUT2D eigenvalue weighted by Crippen LogP contribution is 2.23. The first kappa shape index (κ1) is 9.98. The smallest absolute Gasteiger partial charge is 0.0970 e. The number of nitrogens with zero attached hydrogens (tertiary/aromatic N) is 2. The maximum absolute atomic E-state index is 4.53. The van der Waals surface area contributed by atoms with Gasteiger partial charge in [-0.05, 0) is 25.6 Å². The summed E-state index contributed by atoms with van der Waals surface area (Å²) in [5.41, 5.74) is 4.68. The number of aromatic nitrogens is 3. The highest BCUT2D eigenvalue weighted by Gasteiger charge is 2.12. The molecule has 0 aromatic carbocycles. The van der Waals surface area contributed by atoms with E-state index in [4.69, 9.17) is 0 Å². The van der Waals surface area contributed by atoms with E-state index in [0.717, 1.165) is 17.8 Å². The molecular formula is C11H16N4. The van der Waals surface area contributed by atoms with Crippen LogP contribution in [0.5, 0.6) is 0 Å². The van der Waals surface area contributed by atoms with Crippen molar-refractivity contribution in [2.24, 2.45) is 7.05 Å². The predicted octanol–water partition coefficient (Wildman–Crippen LogP) is 1.44. The zero-order valence-electron chi connectivity index (χ0n) is 9.33. The maximum Gasteiger partial charge on any atom is 0.0970 e. The summed E-state index contributed by atoms with van der Waals surface area (Å²) in [6.07, 6.45) is 3.89. The van der Waals surface area contributed by atoms with Crippen LogP contribution in [0, 0.1) is 6.92 Å². The lowest BCUT2D eigenvalue weighted by Crippen LogP contribution is -2.10. The van der Waals surface area contributed by atoms with Crippen LogP contribution in [0.1, 0.15) is 11.3 Å². The highest BCUT2D eigenvalue weighted by molar-refractivity contribution is 5.62. The van der Waals surface area contributed by atoms with E-state index in [0.29, 0.717) is 0 Å². The summed E-state index contributed by atoms with van der Waals surface area (Å²) < 4.78 is 1.94. The molecule has 2 aromatic rings. The zero-order valence-corrected chi connectivity index (χ0v) is 9.33. The van der Waals surface area contributed by atoms with Gasteiger partial charge in [0.2, 0.25) is 0 Å². The van der Waals surface area contributed by atoms with Crippen LogP contribution in [0.15, 0.2) is 18.5 Å². The number of aromatic amines is 1. The molecule has 0 bridgehead atoms. The first-order chi connectivity index (χ1) is 7.24. The maximum atomic E-state index is 4.53. The second-order valence-corrected chi connectivity index (χ2v) is 3.67. The molecule has 0 unspecified atom stereocenters. The Labute approximate surface area is 89.3 Å². The van der Waals surface area contributed by atoms with E-state index in [9.17, 15) is 0 Å². The number of H-pyrrole nitrogens is 1. The van der Waals surface area contributed by atoms with E-state index in [-0.39, 0.29) is 0 Å². The molecule has 0 aliphatic heterocycles. The average Bonchev–Trinajstić information content (AvgIpc) is 2.81. The van der Waals surface area contributed by atoms with Gasteiger partial charge in [-0.15, -0.1) is 0 Å². The molecule has 0 aliphatic rings. The summed E-state index contributed by atoms with van der Waals surface area (Å²) in [6.45, 7) is 2.96. The van der Waals surface area contributed by atoms with Crippen LogP contribution < -0.4 is 5.32 Å². The minimum absolute atomic E-state index is 0.847. The van der Waals surface area contributed by atoms with E-state index < -0.39 is 0 Å². The Morgan fingerprint density at radius 1 is 1.53 bits per heavy atom.